The van der Waals surface area contributed by atoms with E-state index in [0.29, 0.717) is 6.42 Å². The van der Waals surface area contributed by atoms with Gasteiger partial charge in [-0.1, -0.05) is 13.0 Å². The molecule has 1 heterocycles. The van der Waals surface area contributed by atoms with Crippen LogP contribution in [0.25, 0.3) is 0 Å². The number of halogens is 1. The number of aryl methyl sites for hydroxylation is 1. The van der Waals surface area contributed by atoms with E-state index in [1.165, 1.54) is 17.0 Å². The Bertz CT molecular complexity index is 502. The van der Waals surface area contributed by atoms with Gasteiger partial charge in [-0.3, -0.25) is 14.5 Å². The van der Waals surface area contributed by atoms with Crippen molar-refractivity contribution < 1.29 is 14.0 Å². The fraction of sp³-hybridized carbons (Fsp3) is 0.385. The monoisotopic (exact) mass is 250 g/mol. The molecular weight excluding hydrogens is 235 g/mol. The first-order valence-corrected chi connectivity index (χ1v) is 5.89. The molecule has 0 aliphatic carbocycles. The van der Waals surface area contributed by atoms with E-state index in [2.05, 4.69) is 5.32 Å². The SMILES string of the molecule is CCC1NC(=O)CN(c2ccc(C)cc2F)C1=O. The highest BCUT2D eigenvalue weighted by molar-refractivity contribution is 6.06. The van der Waals surface area contributed by atoms with Gasteiger partial charge in [0.25, 0.3) is 0 Å². The number of benzene rings is 1. The Labute approximate surface area is 105 Å². The van der Waals surface area contributed by atoms with Crippen molar-refractivity contribution >= 4 is 17.5 Å². The molecule has 18 heavy (non-hydrogen) atoms. The lowest BCUT2D eigenvalue weighted by molar-refractivity contribution is -0.131. The normalized spacial score (nSPS) is 19.9. The summed E-state index contributed by atoms with van der Waals surface area (Å²) >= 11 is 0. The van der Waals surface area contributed by atoms with Crippen molar-refractivity contribution in [3.63, 3.8) is 0 Å². The van der Waals surface area contributed by atoms with Crippen LogP contribution in [0.4, 0.5) is 10.1 Å². The highest BCUT2D eigenvalue weighted by Gasteiger charge is 2.33. The molecule has 0 saturated carbocycles. The standard InChI is InChI=1S/C13H15FN2O2/c1-3-10-13(18)16(7-12(17)15-10)11-5-4-8(2)6-9(11)14/h4-6,10H,3,7H2,1-2H3,(H,15,17). The molecule has 1 unspecified atom stereocenters. The molecule has 1 aromatic carbocycles. The van der Waals surface area contributed by atoms with E-state index in [1.807, 2.05) is 0 Å². The molecule has 1 aliphatic rings. The predicted octanol–water partition coefficient (Wildman–Crippen LogP) is 1.38. The molecule has 4 nitrogen and oxygen atoms in total. The molecule has 1 atom stereocenters. The third kappa shape index (κ3) is 2.20. The maximum Gasteiger partial charge on any atom is 0.250 e. The number of carbonyl (C=O) groups is 2. The molecule has 0 bridgehead atoms. The Hall–Kier alpha value is -1.91. The number of hydrogen-bond donors (Lipinski definition) is 1. The number of amides is 2. The van der Waals surface area contributed by atoms with Crippen molar-refractivity contribution in [2.45, 2.75) is 26.3 Å². The molecule has 0 spiro atoms. The van der Waals surface area contributed by atoms with Crippen molar-refractivity contribution in [1.29, 1.82) is 0 Å². The van der Waals surface area contributed by atoms with Gasteiger partial charge in [0.05, 0.1) is 5.69 Å². The molecule has 2 rings (SSSR count). The molecule has 1 aliphatic heterocycles. The fourth-order valence-electron chi connectivity index (χ4n) is 2.02. The van der Waals surface area contributed by atoms with Gasteiger partial charge in [-0.2, -0.15) is 0 Å². The Kier molecular flexibility index (Phi) is 3.32. The summed E-state index contributed by atoms with van der Waals surface area (Å²) in [6.45, 7) is 3.44. The van der Waals surface area contributed by atoms with Gasteiger partial charge in [-0.15, -0.1) is 0 Å². The zero-order chi connectivity index (χ0) is 13.3. The number of carbonyl (C=O) groups excluding carboxylic acids is 2. The first-order chi connectivity index (χ1) is 8.52. The largest absolute Gasteiger partial charge is 0.343 e. The van der Waals surface area contributed by atoms with E-state index >= 15 is 0 Å². The average Bonchev–Trinajstić information content (AvgIpc) is 2.32. The minimum atomic E-state index is -0.563. The van der Waals surface area contributed by atoms with Crippen molar-refractivity contribution in [3.8, 4) is 0 Å². The Morgan fingerprint density at radius 3 is 2.78 bits per heavy atom. The van der Waals surface area contributed by atoms with E-state index in [0.717, 1.165) is 5.56 Å². The summed E-state index contributed by atoms with van der Waals surface area (Å²) in [6.07, 6.45) is 0.495. The van der Waals surface area contributed by atoms with Crippen molar-refractivity contribution in [3.05, 3.63) is 29.6 Å². The molecule has 1 aromatic rings. The van der Waals surface area contributed by atoms with E-state index in [-0.39, 0.29) is 24.0 Å². The number of nitrogens with zero attached hydrogens (tertiary/aromatic N) is 1. The summed E-state index contributed by atoms with van der Waals surface area (Å²) in [4.78, 5) is 24.8. The van der Waals surface area contributed by atoms with Crippen LogP contribution in [-0.4, -0.2) is 24.4 Å². The number of nitrogens with one attached hydrogen (secondary N) is 1. The maximum atomic E-state index is 13.8. The quantitative estimate of drug-likeness (QED) is 0.862. The summed E-state index contributed by atoms with van der Waals surface area (Å²) in [6, 6.07) is 4.05. The molecule has 0 radical (unpaired) electrons. The van der Waals surface area contributed by atoms with Crippen LogP contribution in [-0.2, 0) is 9.59 Å². The van der Waals surface area contributed by atoms with E-state index < -0.39 is 11.9 Å². The Morgan fingerprint density at radius 1 is 1.44 bits per heavy atom. The summed E-state index contributed by atoms with van der Waals surface area (Å²) < 4.78 is 13.8. The predicted molar refractivity (Wildman–Crippen MR) is 65.7 cm³/mol. The maximum absolute atomic E-state index is 13.8. The van der Waals surface area contributed by atoms with Crippen LogP contribution >= 0.6 is 0 Å². The van der Waals surface area contributed by atoms with Gasteiger partial charge in [0.1, 0.15) is 18.4 Å². The molecule has 1 fully saturated rings. The van der Waals surface area contributed by atoms with Crippen LogP contribution in [0, 0.1) is 12.7 Å². The minimum Gasteiger partial charge on any atom is -0.343 e. The van der Waals surface area contributed by atoms with Crippen LogP contribution in [0.1, 0.15) is 18.9 Å². The lowest BCUT2D eigenvalue weighted by Gasteiger charge is -2.32. The van der Waals surface area contributed by atoms with Crippen LogP contribution in [0.5, 0.6) is 0 Å². The summed E-state index contributed by atoms with van der Waals surface area (Å²) in [7, 11) is 0. The van der Waals surface area contributed by atoms with Gasteiger partial charge in [0.2, 0.25) is 11.8 Å². The smallest absolute Gasteiger partial charge is 0.250 e. The zero-order valence-corrected chi connectivity index (χ0v) is 10.4. The summed E-state index contributed by atoms with van der Waals surface area (Å²) in [5.74, 6) is -1.01. The van der Waals surface area contributed by atoms with Crippen molar-refractivity contribution in [1.82, 2.24) is 5.32 Å². The van der Waals surface area contributed by atoms with E-state index in [4.69, 9.17) is 0 Å². The second kappa shape index (κ2) is 4.76. The fourth-order valence-corrected chi connectivity index (χ4v) is 2.02. The van der Waals surface area contributed by atoms with Gasteiger partial charge in [-0.25, -0.2) is 4.39 Å². The Morgan fingerprint density at radius 2 is 2.17 bits per heavy atom. The van der Waals surface area contributed by atoms with E-state index in [1.54, 1.807) is 19.9 Å². The molecule has 1 saturated heterocycles. The van der Waals surface area contributed by atoms with Crippen LogP contribution in [0.15, 0.2) is 18.2 Å². The second-order valence-corrected chi connectivity index (χ2v) is 4.41. The molecule has 0 aromatic heterocycles. The topological polar surface area (TPSA) is 49.4 Å². The zero-order valence-electron chi connectivity index (χ0n) is 10.4. The van der Waals surface area contributed by atoms with Gasteiger partial charge in [0, 0.05) is 0 Å². The Balaban J connectivity index is 2.36. The number of anilines is 1. The third-order valence-corrected chi connectivity index (χ3v) is 3.00. The van der Waals surface area contributed by atoms with Crippen LogP contribution in [0.2, 0.25) is 0 Å². The average molecular weight is 250 g/mol. The molecule has 2 amide bonds. The highest BCUT2D eigenvalue weighted by atomic mass is 19.1. The second-order valence-electron chi connectivity index (χ2n) is 4.41. The molecule has 96 valence electrons. The number of piperazine rings is 1. The number of hydrogen-bond acceptors (Lipinski definition) is 2. The van der Waals surface area contributed by atoms with Crippen LogP contribution in [0.3, 0.4) is 0 Å². The van der Waals surface area contributed by atoms with Crippen molar-refractivity contribution in [2.24, 2.45) is 0 Å². The first-order valence-electron chi connectivity index (χ1n) is 5.89. The summed E-state index contributed by atoms with van der Waals surface area (Å²) in [5, 5.41) is 2.59. The van der Waals surface area contributed by atoms with Gasteiger partial charge in [-0.05, 0) is 31.0 Å². The van der Waals surface area contributed by atoms with Gasteiger partial charge in [0.15, 0.2) is 0 Å². The molecular formula is C13H15FN2O2. The minimum absolute atomic E-state index is 0.130. The van der Waals surface area contributed by atoms with E-state index in [9.17, 15) is 14.0 Å². The lowest BCUT2D eigenvalue weighted by Crippen LogP contribution is -2.58. The summed E-state index contributed by atoms with van der Waals surface area (Å²) in [5.41, 5.74) is 0.941. The molecule has 5 heteroatoms. The lowest BCUT2D eigenvalue weighted by atomic mass is 10.1. The van der Waals surface area contributed by atoms with Gasteiger partial charge >= 0.3 is 0 Å². The van der Waals surface area contributed by atoms with Crippen molar-refractivity contribution in [2.75, 3.05) is 11.4 Å². The van der Waals surface area contributed by atoms with Crippen LogP contribution < -0.4 is 10.2 Å². The molecule has 1 N–H and O–H groups in total. The highest BCUT2D eigenvalue weighted by Crippen LogP contribution is 2.22. The first kappa shape index (κ1) is 12.5. The number of rotatable bonds is 2. The van der Waals surface area contributed by atoms with Gasteiger partial charge < -0.3 is 5.32 Å². The third-order valence-electron chi connectivity index (χ3n) is 3.00.